The zero-order chi connectivity index (χ0) is 11.3. The van der Waals surface area contributed by atoms with Crippen molar-refractivity contribution in [3.63, 3.8) is 0 Å². The number of ether oxygens (including phenoxy) is 1. The monoisotopic (exact) mass is 214 g/mol. The van der Waals surface area contributed by atoms with Gasteiger partial charge in [-0.25, -0.2) is 0 Å². The molecule has 0 bridgehead atoms. The molecule has 0 amide bonds. The van der Waals surface area contributed by atoms with E-state index in [4.69, 9.17) is 4.74 Å². The van der Waals surface area contributed by atoms with E-state index in [1.807, 2.05) is 0 Å². The van der Waals surface area contributed by atoms with Crippen molar-refractivity contribution < 1.29 is 4.74 Å². The first-order chi connectivity index (χ1) is 7.15. The third-order valence-corrected chi connectivity index (χ3v) is 3.75. The summed E-state index contributed by atoms with van der Waals surface area (Å²) < 4.78 is 5.37. The molecular weight excluding hydrogens is 188 g/mol. The first-order valence-corrected chi connectivity index (χ1v) is 6.09. The molecule has 1 fully saturated rings. The van der Waals surface area contributed by atoms with Crippen molar-refractivity contribution in [2.75, 3.05) is 33.8 Å². The van der Waals surface area contributed by atoms with Crippen molar-refractivity contribution in [2.24, 2.45) is 5.92 Å². The van der Waals surface area contributed by atoms with Crippen LogP contribution in [0.2, 0.25) is 0 Å². The van der Waals surface area contributed by atoms with Gasteiger partial charge in [-0.15, -0.1) is 0 Å². The molecule has 0 spiro atoms. The normalized spacial score (nSPS) is 23.0. The van der Waals surface area contributed by atoms with Crippen molar-refractivity contribution >= 4 is 0 Å². The fraction of sp³-hybridized carbons (Fsp3) is 1.00. The fourth-order valence-electron chi connectivity index (χ4n) is 2.19. The average Bonchev–Trinajstić information content (AvgIpc) is 2.28. The Kier molecular flexibility index (Phi) is 5.58. The zero-order valence-electron chi connectivity index (χ0n) is 10.6. The summed E-state index contributed by atoms with van der Waals surface area (Å²) in [5, 5.41) is 3.41. The van der Waals surface area contributed by atoms with Crippen molar-refractivity contribution in [1.82, 2.24) is 10.2 Å². The van der Waals surface area contributed by atoms with E-state index in [9.17, 15) is 0 Å². The van der Waals surface area contributed by atoms with Gasteiger partial charge in [0.05, 0.1) is 6.10 Å². The second-order valence-corrected chi connectivity index (χ2v) is 4.81. The zero-order valence-corrected chi connectivity index (χ0v) is 10.6. The van der Waals surface area contributed by atoms with Crippen LogP contribution in [0.1, 0.15) is 26.7 Å². The van der Waals surface area contributed by atoms with E-state index in [2.05, 4.69) is 31.1 Å². The molecule has 1 heterocycles. The van der Waals surface area contributed by atoms with Crippen LogP contribution in [0, 0.1) is 5.92 Å². The highest BCUT2D eigenvalue weighted by molar-refractivity contribution is 4.76. The van der Waals surface area contributed by atoms with E-state index < -0.39 is 0 Å². The first kappa shape index (κ1) is 12.9. The molecule has 0 saturated carbocycles. The maximum Gasteiger partial charge on any atom is 0.0695 e. The fourth-order valence-corrected chi connectivity index (χ4v) is 2.19. The highest BCUT2D eigenvalue weighted by Gasteiger charge is 2.21. The summed E-state index contributed by atoms with van der Waals surface area (Å²) in [5.74, 6) is 0.864. The van der Waals surface area contributed by atoms with Crippen LogP contribution in [0.5, 0.6) is 0 Å². The molecule has 0 radical (unpaired) electrons. The van der Waals surface area contributed by atoms with Crippen LogP contribution in [-0.4, -0.2) is 50.8 Å². The quantitative estimate of drug-likeness (QED) is 0.747. The second kappa shape index (κ2) is 6.46. The second-order valence-electron chi connectivity index (χ2n) is 4.81. The number of nitrogens with zero attached hydrogens (tertiary/aromatic N) is 1. The third kappa shape index (κ3) is 4.09. The standard InChI is InChI=1S/C12H26N2O/c1-10(11(2)15-4)14(3)9-12-5-7-13-8-6-12/h10-13H,5-9H2,1-4H3. The van der Waals surface area contributed by atoms with Gasteiger partial charge in [0, 0.05) is 19.7 Å². The molecule has 1 aliphatic heterocycles. The van der Waals surface area contributed by atoms with Gasteiger partial charge in [0.25, 0.3) is 0 Å². The Morgan fingerprint density at radius 3 is 2.47 bits per heavy atom. The van der Waals surface area contributed by atoms with Gasteiger partial charge < -0.3 is 15.0 Å². The topological polar surface area (TPSA) is 24.5 Å². The van der Waals surface area contributed by atoms with Gasteiger partial charge in [-0.2, -0.15) is 0 Å². The van der Waals surface area contributed by atoms with Crippen molar-refractivity contribution in [1.29, 1.82) is 0 Å². The van der Waals surface area contributed by atoms with Crippen LogP contribution < -0.4 is 5.32 Å². The molecule has 1 aliphatic rings. The minimum atomic E-state index is 0.316. The molecule has 90 valence electrons. The van der Waals surface area contributed by atoms with Crippen molar-refractivity contribution in [3.05, 3.63) is 0 Å². The van der Waals surface area contributed by atoms with Gasteiger partial charge >= 0.3 is 0 Å². The highest BCUT2D eigenvalue weighted by atomic mass is 16.5. The van der Waals surface area contributed by atoms with Crippen molar-refractivity contribution in [2.45, 2.75) is 38.8 Å². The van der Waals surface area contributed by atoms with Crippen LogP contribution in [-0.2, 0) is 4.74 Å². The predicted octanol–water partition coefficient (Wildman–Crippen LogP) is 1.34. The smallest absolute Gasteiger partial charge is 0.0695 e. The lowest BCUT2D eigenvalue weighted by Crippen LogP contribution is -2.43. The SMILES string of the molecule is COC(C)C(C)N(C)CC1CCNCC1. The summed E-state index contributed by atoms with van der Waals surface area (Å²) in [4.78, 5) is 2.43. The van der Waals surface area contributed by atoms with Crippen LogP contribution in [0.3, 0.4) is 0 Å². The largest absolute Gasteiger partial charge is 0.380 e. The van der Waals surface area contributed by atoms with Gasteiger partial charge in [0.2, 0.25) is 0 Å². The lowest BCUT2D eigenvalue weighted by molar-refractivity contribution is 0.0364. The maximum absolute atomic E-state index is 5.37. The molecule has 1 rings (SSSR count). The Bertz CT molecular complexity index is 169. The summed E-state index contributed by atoms with van der Waals surface area (Å²) in [6.07, 6.45) is 2.95. The van der Waals surface area contributed by atoms with Crippen molar-refractivity contribution in [3.8, 4) is 0 Å². The number of rotatable bonds is 5. The van der Waals surface area contributed by atoms with E-state index in [1.54, 1.807) is 7.11 Å². The first-order valence-electron chi connectivity index (χ1n) is 6.09. The Balaban J connectivity index is 2.29. The minimum absolute atomic E-state index is 0.316. The van der Waals surface area contributed by atoms with Crippen LogP contribution in [0.25, 0.3) is 0 Å². The van der Waals surface area contributed by atoms with Crippen LogP contribution in [0.4, 0.5) is 0 Å². The van der Waals surface area contributed by atoms with E-state index in [0.29, 0.717) is 12.1 Å². The number of piperidine rings is 1. The van der Waals surface area contributed by atoms with Gasteiger partial charge in [-0.1, -0.05) is 0 Å². The average molecular weight is 214 g/mol. The summed E-state index contributed by atoms with van der Waals surface area (Å²) in [7, 11) is 4.00. The molecule has 1 N–H and O–H groups in total. The molecule has 0 aromatic heterocycles. The maximum atomic E-state index is 5.37. The molecule has 1 saturated heterocycles. The lowest BCUT2D eigenvalue weighted by Gasteiger charge is -2.33. The summed E-state index contributed by atoms with van der Waals surface area (Å²) in [6.45, 7) is 7.97. The lowest BCUT2D eigenvalue weighted by atomic mass is 9.97. The van der Waals surface area contributed by atoms with E-state index >= 15 is 0 Å². The molecule has 3 heteroatoms. The van der Waals surface area contributed by atoms with Gasteiger partial charge in [0.15, 0.2) is 0 Å². The number of hydrogen-bond acceptors (Lipinski definition) is 3. The van der Waals surface area contributed by atoms with Crippen LogP contribution >= 0.6 is 0 Å². The molecule has 3 nitrogen and oxygen atoms in total. The van der Waals surface area contributed by atoms with Gasteiger partial charge in [-0.05, 0) is 52.7 Å². The third-order valence-electron chi connectivity index (χ3n) is 3.75. The summed E-state index contributed by atoms with van der Waals surface area (Å²) >= 11 is 0. The number of methoxy groups -OCH3 is 1. The number of hydrogen-bond donors (Lipinski definition) is 1. The summed E-state index contributed by atoms with van der Waals surface area (Å²) in [5.41, 5.74) is 0. The Hall–Kier alpha value is -0.120. The van der Waals surface area contributed by atoms with E-state index in [1.165, 1.54) is 32.5 Å². The predicted molar refractivity (Wildman–Crippen MR) is 64.2 cm³/mol. The highest BCUT2D eigenvalue weighted by Crippen LogP contribution is 2.15. The molecule has 0 aromatic carbocycles. The molecule has 2 atom stereocenters. The Morgan fingerprint density at radius 2 is 1.93 bits per heavy atom. The van der Waals surface area contributed by atoms with E-state index in [0.717, 1.165) is 5.92 Å². The van der Waals surface area contributed by atoms with E-state index in [-0.39, 0.29) is 0 Å². The molecule has 15 heavy (non-hydrogen) atoms. The number of likely N-dealkylation sites (N-methyl/N-ethyl adjacent to an activating group) is 1. The molecule has 0 aromatic rings. The van der Waals surface area contributed by atoms with Gasteiger partial charge in [0.1, 0.15) is 0 Å². The van der Waals surface area contributed by atoms with Crippen LogP contribution in [0.15, 0.2) is 0 Å². The Labute approximate surface area is 94.2 Å². The summed E-state index contributed by atoms with van der Waals surface area (Å²) in [6, 6.07) is 0.505. The Morgan fingerprint density at radius 1 is 1.33 bits per heavy atom. The molecular formula is C12H26N2O. The van der Waals surface area contributed by atoms with Gasteiger partial charge in [-0.3, -0.25) is 0 Å². The molecule has 2 unspecified atom stereocenters. The molecule has 0 aliphatic carbocycles. The number of nitrogens with one attached hydrogen (secondary N) is 1. The minimum Gasteiger partial charge on any atom is -0.380 e.